The van der Waals surface area contributed by atoms with Gasteiger partial charge in [-0.2, -0.15) is 0 Å². The molecule has 1 saturated heterocycles. The second-order valence-electron chi connectivity index (χ2n) is 10.3. The highest BCUT2D eigenvalue weighted by Crippen LogP contribution is 2.37. The monoisotopic (exact) mass is 548 g/mol. The van der Waals surface area contributed by atoms with E-state index in [1.165, 1.54) is 32.1 Å². The quantitative estimate of drug-likeness (QED) is 0.168. The minimum atomic E-state index is -0.301. The Labute approximate surface area is 239 Å². The molecule has 0 N–H and O–H groups in total. The van der Waals surface area contributed by atoms with Crippen LogP contribution in [0.1, 0.15) is 63.5 Å². The van der Waals surface area contributed by atoms with Gasteiger partial charge < -0.3 is 18.9 Å². The minimum absolute atomic E-state index is 0.122. The van der Waals surface area contributed by atoms with Gasteiger partial charge in [0.25, 0.3) is 0 Å². The third kappa shape index (κ3) is 9.77. The van der Waals surface area contributed by atoms with Crippen molar-refractivity contribution in [2.45, 2.75) is 100 Å². The van der Waals surface area contributed by atoms with Gasteiger partial charge in [0, 0.05) is 11.5 Å². The van der Waals surface area contributed by atoms with E-state index in [0.29, 0.717) is 19.8 Å². The maximum absolute atomic E-state index is 6.69. The van der Waals surface area contributed by atoms with Gasteiger partial charge in [0.15, 0.2) is 0 Å². The van der Waals surface area contributed by atoms with Gasteiger partial charge in [-0.25, -0.2) is 0 Å². The predicted molar refractivity (Wildman–Crippen MR) is 160 cm³/mol. The molecule has 3 aromatic rings. The molecule has 5 heteroatoms. The molecular formula is C34H44O4S. The van der Waals surface area contributed by atoms with Gasteiger partial charge in [0.2, 0.25) is 0 Å². The van der Waals surface area contributed by atoms with Gasteiger partial charge in [0.05, 0.1) is 19.3 Å². The second-order valence-corrected chi connectivity index (χ2v) is 11.4. The largest absolute Gasteiger partial charge is 0.373 e. The van der Waals surface area contributed by atoms with E-state index in [9.17, 15) is 0 Å². The van der Waals surface area contributed by atoms with E-state index in [1.807, 2.05) is 30.3 Å². The number of ether oxygens (including phenoxy) is 4. The fourth-order valence-corrected chi connectivity index (χ4v) is 6.11. The molecule has 0 saturated carbocycles. The Kier molecular flexibility index (Phi) is 12.9. The van der Waals surface area contributed by atoms with E-state index in [-0.39, 0.29) is 29.9 Å². The molecule has 1 heterocycles. The maximum Gasteiger partial charge on any atom is 0.136 e. The lowest BCUT2D eigenvalue weighted by atomic mass is 9.99. The first kappa shape index (κ1) is 29.8. The number of hydrogen-bond acceptors (Lipinski definition) is 5. The van der Waals surface area contributed by atoms with Crippen LogP contribution in [0, 0.1) is 0 Å². The van der Waals surface area contributed by atoms with Gasteiger partial charge in [-0.3, -0.25) is 0 Å². The van der Waals surface area contributed by atoms with Crippen LogP contribution in [0.25, 0.3) is 0 Å². The summed E-state index contributed by atoms with van der Waals surface area (Å²) in [5.41, 5.74) is 2.05. The van der Waals surface area contributed by atoms with Crippen molar-refractivity contribution in [1.82, 2.24) is 0 Å². The van der Waals surface area contributed by atoms with E-state index in [2.05, 4.69) is 74.5 Å². The highest BCUT2D eigenvalue weighted by Gasteiger charge is 2.47. The molecular weight excluding hydrogens is 504 g/mol. The summed E-state index contributed by atoms with van der Waals surface area (Å²) in [4.78, 5) is 1.15. The fourth-order valence-electron chi connectivity index (χ4n) is 4.93. The third-order valence-corrected chi connectivity index (χ3v) is 8.26. The lowest BCUT2D eigenvalue weighted by Gasteiger charge is -2.45. The lowest BCUT2D eigenvalue weighted by molar-refractivity contribution is -0.240. The number of benzene rings is 3. The zero-order valence-electron chi connectivity index (χ0n) is 23.5. The van der Waals surface area contributed by atoms with Gasteiger partial charge in [-0.1, -0.05) is 130 Å². The Morgan fingerprint density at radius 3 is 1.77 bits per heavy atom. The van der Waals surface area contributed by atoms with Crippen LogP contribution in [-0.2, 0) is 32.2 Å². The van der Waals surface area contributed by atoms with Crippen LogP contribution < -0.4 is 0 Å². The molecule has 1 aliphatic heterocycles. The Morgan fingerprint density at radius 1 is 0.615 bits per heavy atom. The summed E-state index contributed by atoms with van der Waals surface area (Å²) in [7, 11) is 0. The minimum Gasteiger partial charge on any atom is -0.373 e. The van der Waals surface area contributed by atoms with Gasteiger partial charge >= 0.3 is 0 Å². The van der Waals surface area contributed by atoms with Crippen LogP contribution in [-0.4, -0.2) is 36.5 Å². The number of unbranched alkanes of at least 4 members (excludes halogenated alkanes) is 5. The Hall–Kier alpha value is -2.15. The smallest absolute Gasteiger partial charge is 0.136 e. The molecule has 210 valence electrons. The summed E-state index contributed by atoms with van der Waals surface area (Å²) in [6.45, 7) is 6.06. The molecule has 0 spiro atoms. The first-order valence-electron chi connectivity index (χ1n) is 14.5. The van der Waals surface area contributed by atoms with E-state index < -0.39 is 0 Å². The van der Waals surface area contributed by atoms with Crippen LogP contribution in [0.4, 0.5) is 0 Å². The van der Waals surface area contributed by atoms with Crippen molar-refractivity contribution in [3.05, 3.63) is 102 Å². The summed E-state index contributed by atoms with van der Waals surface area (Å²) in [6.07, 6.45) is 6.49. The van der Waals surface area contributed by atoms with Crippen molar-refractivity contribution in [2.75, 3.05) is 6.61 Å². The van der Waals surface area contributed by atoms with Gasteiger partial charge in [-0.15, -0.1) is 0 Å². The second kappa shape index (κ2) is 16.8. The van der Waals surface area contributed by atoms with E-state index >= 15 is 0 Å². The molecule has 0 bridgehead atoms. The Morgan fingerprint density at radius 2 is 1.15 bits per heavy atom. The normalized spacial score (nSPS) is 23.1. The summed E-state index contributed by atoms with van der Waals surface area (Å²) in [5.74, 6) is 0. The van der Waals surface area contributed by atoms with Crippen LogP contribution >= 0.6 is 11.8 Å². The zero-order valence-corrected chi connectivity index (χ0v) is 24.3. The molecule has 4 nitrogen and oxygen atoms in total. The number of rotatable bonds is 16. The summed E-state index contributed by atoms with van der Waals surface area (Å²) < 4.78 is 26.5. The van der Waals surface area contributed by atoms with Crippen molar-refractivity contribution in [3.8, 4) is 0 Å². The molecule has 0 amide bonds. The van der Waals surface area contributed by atoms with E-state index in [4.69, 9.17) is 18.9 Å². The average Bonchev–Trinajstić information content (AvgIpc) is 2.97. The summed E-state index contributed by atoms with van der Waals surface area (Å²) in [6, 6.07) is 31.0. The van der Waals surface area contributed by atoms with Gasteiger partial charge in [-0.05, 0) is 36.6 Å². The van der Waals surface area contributed by atoms with Crippen LogP contribution in [0.3, 0.4) is 0 Å². The maximum atomic E-state index is 6.69. The van der Waals surface area contributed by atoms with Crippen molar-refractivity contribution >= 4 is 11.8 Å². The Balaban J connectivity index is 1.51. The zero-order chi connectivity index (χ0) is 27.1. The third-order valence-electron chi connectivity index (χ3n) is 7.10. The van der Waals surface area contributed by atoms with Crippen molar-refractivity contribution < 1.29 is 18.9 Å². The van der Waals surface area contributed by atoms with E-state index in [1.54, 1.807) is 11.8 Å². The summed E-state index contributed by atoms with van der Waals surface area (Å²) in [5, 5.41) is 0. The topological polar surface area (TPSA) is 36.9 Å². The van der Waals surface area contributed by atoms with Crippen molar-refractivity contribution in [2.24, 2.45) is 0 Å². The average molecular weight is 549 g/mol. The fraction of sp³-hybridized carbons (Fsp3) is 0.471. The molecule has 0 aromatic heterocycles. The molecule has 1 fully saturated rings. The molecule has 0 aliphatic carbocycles. The van der Waals surface area contributed by atoms with Gasteiger partial charge in [0.1, 0.15) is 23.7 Å². The molecule has 5 atom stereocenters. The highest BCUT2D eigenvalue weighted by molar-refractivity contribution is 7.99. The van der Waals surface area contributed by atoms with Crippen LogP contribution in [0.15, 0.2) is 95.9 Å². The van der Waals surface area contributed by atoms with Crippen molar-refractivity contribution in [1.29, 1.82) is 0 Å². The molecule has 0 radical (unpaired) electrons. The molecule has 3 aromatic carbocycles. The molecule has 1 aliphatic rings. The van der Waals surface area contributed by atoms with Crippen molar-refractivity contribution in [3.63, 3.8) is 0 Å². The van der Waals surface area contributed by atoms with Crippen LogP contribution in [0.2, 0.25) is 0 Å². The predicted octanol–water partition coefficient (Wildman–Crippen LogP) is 8.44. The standard InChI is InChI=1S/C34H44O4S/c1-3-4-5-6-7-17-24-35-31-27(2)38-34(39-30-22-15-10-16-23-30)33(37-26-29-20-13-9-14-21-29)32(31)36-25-28-18-11-8-12-19-28/h8-16,18-23,27,31-34H,3-7,17,24-26H2,1-2H3/t27-,31-,32+,33-,34+/m1/s1. The van der Waals surface area contributed by atoms with E-state index in [0.717, 1.165) is 22.4 Å². The van der Waals surface area contributed by atoms with Crippen LogP contribution in [0.5, 0.6) is 0 Å². The highest BCUT2D eigenvalue weighted by atomic mass is 32.2. The Bertz CT molecular complexity index is 1030. The SMILES string of the molecule is CCCCCCCCO[C@H]1[C@H](OCc2ccccc2)[C@@H](OCc2ccccc2)[C@H](Sc2ccccc2)O[C@@H]1C. The first-order valence-corrected chi connectivity index (χ1v) is 15.4. The molecule has 39 heavy (non-hydrogen) atoms. The number of hydrogen-bond donors (Lipinski definition) is 0. The summed E-state index contributed by atoms with van der Waals surface area (Å²) >= 11 is 1.70. The lowest BCUT2D eigenvalue weighted by Crippen LogP contribution is -2.58. The molecule has 0 unspecified atom stereocenters. The number of thioether (sulfide) groups is 1. The first-order chi connectivity index (χ1) is 19.2. The molecule has 4 rings (SSSR count).